The highest BCUT2D eigenvalue weighted by molar-refractivity contribution is 4.92. The van der Waals surface area contributed by atoms with E-state index in [1.54, 1.807) is 0 Å². The number of aliphatic hydroxyl groups excluding tert-OH is 16. The highest BCUT2D eigenvalue weighted by Crippen LogP contribution is 2.26. The Bertz CT molecular complexity index is 830. The summed E-state index contributed by atoms with van der Waals surface area (Å²) < 4.78 is 30.2. The van der Waals surface area contributed by atoms with E-state index in [1.807, 2.05) is 0 Å². The van der Waals surface area contributed by atoms with Crippen molar-refractivity contribution in [3.8, 4) is 0 Å². The van der Waals surface area contributed by atoms with E-state index in [2.05, 4.69) is 0 Å². The zero-order valence-electron chi connectivity index (χ0n) is 24.0. The van der Waals surface area contributed by atoms with Crippen LogP contribution in [0.25, 0.3) is 0 Å². The summed E-state index contributed by atoms with van der Waals surface area (Å²) in [6, 6.07) is 0. The molecule has 4 saturated heterocycles. The molecule has 4 rings (SSSR count). The van der Waals surface area contributed by atoms with E-state index in [4.69, 9.17) is 38.6 Å². The highest BCUT2D eigenvalue weighted by atomic mass is 16.7. The van der Waals surface area contributed by atoms with Gasteiger partial charge in [-0.15, -0.1) is 0 Å². The molecule has 272 valence electrons. The summed E-state index contributed by atoms with van der Waals surface area (Å²) in [4.78, 5) is 0. The summed E-state index contributed by atoms with van der Waals surface area (Å²) in [7, 11) is 0. The zero-order valence-corrected chi connectivity index (χ0v) is 24.0. The Morgan fingerprint density at radius 1 is 0.326 bits per heavy atom. The van der Waals surface area contributed by atoms with Gasteiger partial charge in [-0.25, -0.2) is 0 Å². The van der Waals surface area contributed by atoms with Crippen LogP contribution in [0.1, 0.15) is 0 Å². The molecule has 0 amide bonds. The third kappa shape index (κ3) is 8.82. The molecule has 4 heterocycles. The standard InChI is InChI=1S/2C12H22O11/c2*13-1-3-5(14)8(17)10(19)12(23-3)21-2-4-6(15)7(16)9(18)11(20)22-4/h2*3-20H,1-2H2/t2*3-,4-,5+,6-,7+,8+,9-,10-,11-,12+/m11/s1. The van der Waals surface area contributed by atoms with Gasteiger partial charge in [0.1, 0.15) is 97.7 Å². The number of hydrogen-bond acceptors (Lipinski definition) is 22. The lowest BCUT2D eigenvalue weighted by atomic mass is 9.98. The van der Waals surface area contributed by atoms with Gasteiger partial charge in [0.25, 0.3) is 0 Å². The maximum atomic E-state index is 9.78. The van der Waals surface area contributed by atoms with Crippen LogP contribution < -0.4 is 0 Å². The highest BCUT2D eigenvalue weighted by Gasteiger charge is 2.48. The summed E-state index contributed by atoms with van der Waals surface area (Å²) in [5.74, 6) is 0. The molecular weight excluding hydrogens is 640 g/mol. The first kappa shape index (κ1) is 39.6. The molecule has 22 heteroatoms. The summed E-state index contributed by atoms with van der Waals surface area (Å²) in [6.45, 7) is -2.19. The lowest BCUT2D eigenvalue weighted by Gasteiger charge is -2.41. The minimum absolute atomic E-state index is 0.468. The molecule has 20 atom stereocenters. The Morgan fingerprint density at radius 2 is 0.609 bits per heavy atom. The molecule has 22 nitrogen and oxygen atoms in total. The first-order chi connectivity index (χ1) is 21.5. The molecule has 46 heavy (non-hydrogen) atoms. The molecule has 0 saturated carbocycles. The Kier molecular flexibility index (Phi) is 14.8. The fourth-order valence-corrected chi connectivity index (χ4v) is 4.93. The quantitative estimate of drug-likeness (QED) is 0.113. The normalized spacial score (nSPS) is 51.7. The summed E-state index contributed by atoms with van der Waals surface area (Å²) >= 11 is 0. The maximum Gasteiger partial charge on any atom is 0.186 e. The van der Waals surface area contributed by atoms with E-state index < -0.39 is 149 Å². The van der Waals surface area contributed by atoms with Crippen LogP contribution in [0.4, 0.5) is 0 Å². The second-order valence-electron chi connectivity index (χ2n) is 11.1. The topological polar surface area (TPSA) is 379 Å². The van der Waals surface area contributed by atoms with E-state index >= 15 is 0 Å². The van der Waals surface area contributed by atoms with Gasteiger partial charge < -0.3 is 110 Å². The van der Waals surface area contributed by atoms with Crippen LogP contribution in [0.5, 0.6) is 0 Å². The summed E-state index contributed by atoms with van der Waals surface area (Å²) in [6.07, 6.45) is -30.6. The molecule has 0 unspecified atom stereocenters. The van der Waals surface area contributed by atoms with Crippen LogP contribution in [0, 0.1) is 0 Å². The molecule has 16 N–H and O–H groups in total. The summed E-state index contributed by atoms with van der Waals surface area (Å²) in [5, 5.41) is 152. The van der Waals surface area contributed by atoms with Crippen LogP contribution in [-0.2, 0) is 28.4 Å². The van der Waals surface area contributed by atoms with Crippen molar-refractivity contribution < 1.29 is 110 Å². The Hall–Kier alpha value is -0.880. The average molecular weight is 685 g/mol. The SMILES string of the molecule is OC[C@H]1O[C@H](OC[C@H]2O[C@@H](O)[C@H](O)[C@@H](O)[C@@H]2O)[C@H](O)[C@@H](O)[C@H]1O.OC[C@H]1O[C@H](OC[C@H]2O[C@@H](O)[C@H](O)[C@@H](O)[C@@H]2O)[C@H](O)[C@@H](O)[C@H]1O. The van der Waals surface area contributed by atoms with Crippen molar-refractivity contribution in [3.63, 3.8) is 0 Å². The molecule has 0 radical (unpaired) electrons. The molecule has 0 aromatic heterocycles. The van der Waals surface area contributed by atoms with E-state index in [9.17, 15) is 71.5 Å². The second-order valence-corrected chi connectivity index (χ2v) is 11.1. The minimum Gasteiger partial charge on any atom is -0.394 e. The van der Waals surface area contributed by atoms with Gasteiger partial charge in [-0.2, -0.15) is 0 Å². The van der Waals surface area contributed by atoms with Crippen LogP contribution in [0.15, 0.2) is 0 Å². The second kappa shape index (κ2) is 17.2. The minimum atomic E-state index is -1.74. The van der Waals surface area contributed by atoms with Crippen molar-refractivity contribution in [1.29, 1.82) is 0 Å². The van der Waals surface area contributed by atoms with Crippen molar-refractivity contribution >= 4 is 0 Å². The van der Waals surface area contributed by atoms with Gasteiger partial charge in [-0.05, 0) is 0 Å². The Morgan fingerprint density at radius 3 is 0.913 bits per heavy atom. The van der Waals surface area contributed by atoms with Crippen molar-refractivity contribution in [2.45, 2.75) is 123 Å². The van der Waals surface area contributed by atoms with Gasteiger partial charge in [0, 0.05) is 0 Å². The maximum absolute atomic E-state index is 9.78. The molecule has 4 aliphatic heterocycles. The third-order valence-corrected chi connectivity index (χ3v) is 7.92. The Balaban J connectivity index is 0.000000250. The van der Waals surface area contributed by atoms with E-state index in [-0.39, 0.29) is 0 Å². The number of rotatable bonds is 8. The van der Waals surface area contributed by atoms with Crippen molar-refractivity contribution in [2.75, 3.05) is 26.4 Å². The summed E-state index contributed by atoms with van der Waals surface area (Å²) in [5.41, 5.74) is 0. The molecule has 0 aromatic carbocycles. The van der Waals surface area contributed by atoms with E-state index in [0.717, 1.165) is 0 Å². The fourth-order valence-electron chi connectivity index (χ4n) is 4.93. The van der Waals surface area contributed by atoms with Crippen LogP contribution in [-0.4, -0.2) is 231 Å². The lowest BCUT2D eigenvalue weighted by Crippen LogP contribution is -2.61. The third-order valence-electron chi connectivity index (χ3n) is 7.92. The van der Waals surface area contributed by atoms with E-state index in [1.165, 1.54) is 0 Å². The van der Waals surface area contributed by atoms with Crippen molar-refractivity contribution in [3.05, 3.63) is 0 Å². The van der Waals surface area contributed by atoms with E-state index in [0.29, 0.717) is 0 Å². The zero-order chi connectivity index (χ0) is 34.6. The van der Waals surface area contributed by atoms with Gasteiger partial charge in [-0.3, -0.25) is 0 Å². The number of aliphatic hydroxyl groups is 16. The molecule has 4 fully saturated rings. The monoisotopic (exact) mass is 684 g/mol. The largest absolute Gasteiger partial charge is 0.394 e. The Labute approximate surface area is 260 Å². The van der Waals surface area contributed by atoms with Gasteiger partial charge in [0.15, 0.2) is 25.2 Å². The average Bonchev–Trinajstić information content (AvgIpc) is 3.04. The number of hydrogen-bond donors (Lipinski definition) is 16. The van der Waals surface area contributed by atoms with Gasteiger partial charge in [0.2, 0.25) is 0 Å². The molecule has 4 aliphatic rings. The fraction of sp³-hybridized carbons (Fsp3) is 1.00. The molecule has 0 aromatic rings. The first-order valence-electron chi connectivity index (χ1n) is 14.1. The molecular formula is C24H44O22. The first-order valence-corrected chi connectivity index (χ1v) is 14.1. The van der Waals surface area contributed by atoms with Crippen LogP contribution in [0.3, 0.4) is 0 Å². The van der Waals surface area contributed by atoms with Gasteiger partial charge >= 0.3 is 0 Å². The van der Waals surface area contributed by atoms with Gasteiger partial charge in [-0.1, -0.05) is 0 Å². The molecule has 0 bridgehead atoms. The molecule has 0 aliphatic carbocycles. The predicted molar refractivity (Wildman–Crippen MR) is 137 cm³/mol. The van der Waals surface area contributed by atoms with Crippen molar-refractivity contribution in [1.82, 2.24) is 0 Å². The smallest absolute Gasteiger partial charge is 0.186 e. The lowest BCUT2D eigenvalue weighted by molar-refractivity contribution is -0.325. The predicted octanol–water partition coefficient (Wildman–Crippen LogP) is -10.8. The number of ether oxygens (including phenoxy) is 6. The van der Waals surface area contributed by atoms with Crippen LogP contribution in [0.2, 0.25) is 0 Å². The molecule has 0 spiro atoms. The van der Waals surface area contributed by atoms with Crippen LogP contribution >= 0.6 is 0 Å². The van der Waals surface area contributed by atoms with Gasteiger partial charge in [0.05, 0.1) is 26.4 Å². The van der Waals surface area contributed by atoms with Crippen molar-refractivity contribution in [2.24, 2.45) is 0 Å².